The van der Waals surface area contributed by atoms with E-state index in [2.05, 4.69) is 32.3 Å². The molecular formula is C17H23ClIN5O. The van der Waals surface area contributed by atoms with Crippen LogP contribution in [0.1, 0.15) is 25.7 Å². The van der Waals surface area contributed by atoms with Gasteiger partial charge in [-0.2, -0.15) is 4.98 Å². The molecule has 3 rings (SSSR count). The number of nitrogens with one attached hydrogen (secondary N) is 1. The maximum absolute atomic E-state index is 6.00. The molecule has 0 bridgehead atoms. The van der Waals surface area contributed by atoms with E-state index in [9.17, 15) is 0 Å². The molecule has 0 spiro atoms. The van der Waals surface area contributed by atoms with Gasteiger partial charge in [0.25, 0.3) is 0 Å². The Morgan fingerprint density at radius 3 is 2.88 bits per heavy atom. The molecule has 25 heavy (non-hydrogen) atoms. The maximum Gasteiger partial charge on any atom is 0.228 e. The summed E-state index contributed by atoms with van der Waals surface area (Å²) in [6.07, 6.45) is 3.09. The third-order valence-electron chi connectivity index (χ3n) is 3.88. The largest absolute Gasteiger partial charge is 0.357 e. The van der Waals surface area contributed by atoms with Gasteiger partial charge >= 0.3 is 0 Å². The molecule has 2 heterocycles. The van der Waals surface area contributed by atoms with Crippen LogP contribution in [0.5, 0.6) is 0 Å². The summed E-state index contributed by atoms with van der Waals surface area (Å²) in [6, 6.07) is 7.43. The zero-order valence-corrected chi connectivity index (χ0v) is 17.3. The fraction of sp³-hybridized carbons (Fsp3) is 0.471. The molecule has 0 aliphatic carbocycles. The predicted molar refractivity (Wildman–Crippen MR) is 111 cm³/mol. The Kier molecular flexibility index (Phi) is 7.95. The third kappa shape index (κ3) is 5.57. The highest BCUT2D eigenvalue weighted by Crippen LogP contribution is 2.20. The third-order valence-corrected chi connectivity index (χ3v) is 4.11. The van der Waals surface area contributed by atoms with Crippen LogP contribution in [0.15, 0.2) is 33.8 Å². The number of guanidine groups is 1. The van der Waals surface area contributed by atoms with Crippen LogP contribution < -0.4 is 5.32 Å². The first-order chi connectivity index (χ1) is 11.8. The molecule has 1 aromatic heterocycles. The highest BCUT2D eigenvalue weighted by Gasteiger charge is 2.15. The summed E-state index contributed by atoms with van der Waals surface area (Å²) < 4.78 is 5.32. The number of hydrogen-bond acceptors (Lipinski definition) is 4. The number of likely N-dealkylation sites (tertiary alicyclic amines) is 1. The van der Waals surface area contributed by atoms with Gasteiger partial charge in [0, 0.05) is 36.6 Å². The van der Waals surface area contributed by atoms with E-state index in [0.29, 0.717) is 29.7 Å². The molecule has 0 amide bonds. The lowest BCUT2D eigenvalue weighted by Crippen LogP contribution is -2.39. The molecule has 1 aliphatic rings. The van der Waals surface area contributed by atoms with E-state index < -0.39 is 0 Å². The number of benzene rings is 1. The number of aliphatic imine (C=N–C) groups is 1. The quantitative estimate of drug-likeness (QED) is 0.406. The van der Waals surface area contributed by atoms with Crippen LogP contribution in [-0.2, 0) is 6.42 Å². The maximum atomic E-state index is 6.00. The van der Waals surface area contributed by atoms with Gasteiger partial charge in [-0.05, 0) is 31.9 Å². The van der Waals surface area contributed by atoms with E-state index >= 15 is 0 Å². The minimum absolute atomic E-state index is 0. The topological polar surface area (TPSA) is 66.5 Å². The van der Waals surface area contributed by atoms with Crippen molar-refractivity contribution in [1.29, 1.82) is 0 Å². The molecule has 0 saturated carbocycles. The van der Waals surface area contributed by atoms with Crippen LogP contribution in [0.4, 0.5) is 0 Å². The van der Waals surface area contributed by atoms with Crippen LogP contribution in [0.2, 0.25) is 5.02 Å². The van der Waals surface area contributed by atoms with Crippen molar-refractivity contribution in [1.82, 2.24) is 20.4 Å². The molecule has 1 aliphatic heterocycles. The van der Waals surface area contributed by atoms with Crippen molar-refractivity contribution < 1.29 is 4.52 Å². The van der Waals surface area contributed by atoms with Crippen LogP contribution in [0.3, 0.4) is 0 Å². The highest BCUT2D eigenvalue weighted by atomic mass is 127. The number of aromatic nitrogens is 2. The lowest BCUT2D eigenvalue weighted by molar-refractivity contribution is 0.380. The lowest BCUT2D eigenvalue weighted by Gasteiger charge is -2.20. The summed E-state index contributed by atoms with van der Waals surface area (Å²) in [6.45, 7) is 5.72. The SMILES string of the molecule is CCNC(=NCCc1nc(-c2cccc(Cl)c2)no1)N1CCCC1.I. The monoisotopic (exact) mass is 475 g/mol. The average molecular weight is 476 g/mol. The van der Waals surface area contributed by atoms with Crippen molar-refractivity contribution >= 4 is 41.5 Å². The second kappa shape index (κ2) is 9.96. The van der Waals surface area contributed by atoms with Gasteiger partial charge in [-0.3, -0.25) is 4.99 Å². The van der Waals surface area contributed by atoms with Crippen molar-refractivity contribution in [3.63, 3.8) is 0 Å². The molecule has 2 aromatic rings. The van der Waals surface area contributed by atoms with Gasteiger partial charge in [-0.1, -0.05) is 28.9 Å². The highest BCUT2D eigenvalue weighted by molar-refractivity contribution is 14.0. The van der Waals surface area contributed by atoms with Crippen molar-refractivity contribution in [2.75, 3.05) is 26.2 Å². The Balaban J connectivity index is 0.00000225. The normalized spacial score (nSPS) is 14.5. The molecule has 1 saturated heterocycles. The van der Waals surface area contributed by atoms with Crippen molar-refractivity contribution in [2.24, 2.45) is 4.99 Å². The first kappa shape index (κ1) is 20.0. The van der Waals surface area contributed by atoms with Crippen LogP contribution in [0.25, 0.3) is 11.4 Å². The number of halogens is 2. The van der Waals surface area contributed by atoms with E-state index in [4.69, 9.17) is 16.1 Å². The first-order valence-electron chi connectivity index (χ1n) is 8.38. The second-order valence-electron chi connectivity index (χ2n) is 5.70. The summed E-state index contributed by atoms with van der Waals surface area (Å²) in [7, 11) is 0. The Hall–Kier alpha value is -1.35. The fourth-order valence-electron chi connectivity index (χ4n) is 2.71. The summed E-state index contributed by atoms with van der Waals surface area (Å²) in [4.78, 5) is 11.4. The van der Waals surface area contributed by atoms with Gasteiger partial charge in [0.15, 0.2) is 5.96 Å². The predicted octanol–water partition coefficient (Wildman–Crippen LogP) is 3.61. The Bertz CT molecular complexity index is 700. The molecule has 1 N–H and O–H groups in total. The van der Waals surface area contributed by atoms with Gasteiger partial charge < -0.3 is 14.7 Å². The molecule has 0 unspecified atom stereocenters. The second-order valence-corrected chi connectivity index (χ2v) is 6.14. The Morgan fingerprint density at radius 2 is 2.16 bits per heavy atom. The number of nitrogens with zero attached hydrogens (tertiary/aromatic N) is 4. The lowest BCUT2D eigenvalue weighted by atomic mass is 10.2. The zero-order valence-electron chi connectivity index (χ0n) is 14.2. The summed E-state index contributed by atoms with van der Waals surface area (Å²) in [5.74, 6) is 2.12. The minimum Gasteiger partial charge on any atom is -0.357 e. The molecule has 1 fully saturated rings. The van der Waals surface area contributed by atoms with Crippen LogP contribution >= 0.6 is 35.6 Å². The first-order valence-corrected chi connectivity index (χ1v) is 8.76. The van der Waals surface area contributed by atoms with Gasteiger partial charge in [0.1, 0.15) is 0 Å². The van der Waals surface area contributed by atoms with Gasteiger partial charge in [-0.15, -0.1) is 24.0 Å². The van der Waals surface area contributed by atoms with Crippen LogP contribution in [0, 0.1) is 0 Å². The van der Waals surface area contributed by atoms with E-state index in [-0.39, 0.29) is 24.0 Å². The van der Waals surface area contributed by atoms with Gasteiger partial charge in [0.2, 0.25) is 11.7 Å². The molecule has 6 nitrogen and oxygen atoms in total. The van der Waals surface area contributed by atoms with E-state index in [1.165, 1.54) is 12.8 Å². The summed E-state index contributed by atoms with van der Waals surface area (Å²) in [5, 5.41) is 8.02. The van der Waals surface area contributed by atoms with E-state index in [1.54, 1.807) is 0 Å². The number of hydrogen-bond donors (Lipinski definition) is 1. The summed E-state index contributed by atoms with van der Waals surface area (Å²) in [5.41, 5.74) is 0.853. The van der Waals surface area contributed by atoms with Crippen LogP contribution in [-0.4, -0.2) is 47.2 Å². The van der Waals surface area contributed by atoms with Gasteiger partial charge in [-0.25, -0.2) is 0 Å². The minimum atomic E-state index is 0. The van der Waals surface area contributed by atoms with Gasteiger partial charge in [0.05, 0.1) is 6.54 Å². The average Bonchev–Trinajstić information content (AvgIpc) is 3.26. The smallest absolute Gasteiger partial charge is 0.228 e. The molecule has 0 radical (unpaired) electrons. The molecule has 8 heteroatoms. The standard InChI is InChI=1S/C17H22ClN5O.HI/c1-2-19-17(23-10-3-4-11-23)20-9-8-15-21-16(22-24-15)13-6-5-7-14(18)12-13;/h5-7,12H,2-4,8-11H2,1H3,(H,19,20);1H. The fourth-order valence-corrected chi connectivity index (χ4v) is 2.90. The van der Waals surface area contributed by atoms with Crippen molar-refractivity contribution in [3.8, 4) is 11.4 Å². The van der Waals surface area contributed by atoms with E-state index in [1.807, 2.05) is 24.3 Å². The van der Waals surface area contributed by atoms with Crippen molar-refractivity contribution in [2.45, 2.75) is 26.2 Å². The molecule has 0 atom stereocenters. The number of rotatable bonds is 5. The summed E-state index contributed by atoms with van der Waals surface area (Å²) >= 11 is 6.00. The van der Waals surface area contributed by atoms with Crippen molar-refractivity contribution in [3.05, 3.63) is 35.2 Å². The Labute approximate surface area is 170 Å². The molecular weight excluding hydrogens is 453 g/mol. The molecule has 1 aromatic carbocycles. The van der Waals surface area contributed by atoms with E-state index in [0.717, 1.165) is 31.2 Å². The zero-order chi connectivity index (χ0) is 16.8. The Morgan fingerprint density at radius 1 is 1.36 bits per heavy atom. The molecule has 136 valence electrons.